The SMILES string of the molecule is C=CCOC(=O)C1=C(S[C@H]2C[C@@H](C(=O)Nc3cccc(C(=O)OCC=C)c3)N(C(=O)OCC=C)C2)[C@H](C)[C@@H]2[C@@H]([C@@H](C)O)C(=O)N12. The lowest BCUT2D eigenvalue weighted by atomic mass is 9.79. The number of aliphatic hydroxyl groups excluding tert-OH is 1. The molecule has 1 aromatic carbocycles. The molecule has 0 spiro atoms. The van der Waals surface area contributed by atoms with Gasteiger partial charge >= 0.3 is 18.0 Å². The molecule has 0 aromatic heterocycles. The van der Waals surface area contributed by atoms with Crippen molar-refractivity contribution < 1.29 is 43.3 Å². The third-order valence-electron chi connectivity index (χ3n) is 7.75. The van der Waals surface area contributed by atoms with Gasteiger partial charge in [0.05, 0.1) is 23.6 Å². The van der Waals surface area contributed by atoms with Crippen molar-refractivity contribution in [3.63, 3.8) is 0 Å². The lowest BCUT2D eigenvalue weighted by Crippen LogP contribution is -2.63. The van der Waals surface area contributed by atoms with Gasteiger partial charge in [0.2, 0.25) is 11.8 Å². The standard InChI is InChI=1S/C32H37N3O9S/c1-6-12-42-30(39)20-10-9-11-21(15-20)33-28(37)23-16-22(17-34(23)32(41)44-14-8-3)45-27-18(4)25-24(19(5)36)29(38)35(25)26(27)31(40)43-13-7-2/h6-11,15,18-19,22-25,36H,1-3,12-14,16-17H2,4-5H3,(H,33,37)/t18-,19-,22+,23+,24-,25-/m1/s1. The van der Waals surface area contributed by atoms with Crippen LogP contribution in [-0.4, -0.2) is 94.6 Å². The van der Waals surface area contributed by atoms with Crippen molar-refractivity contribution in [2.45, 2.75) is 43.7 Å². The van der Waals surface area contributed by atoms with Crippen molar-refractivity contribution >= 4 is 47.3 Å². The van der Waals surface area contributed by atoms with Crippen LogP contribution >= 0.6 is 11.8 Å². The first-order valence-electron chi connectivity index (χ1n) is 14.5. The Morgan fingerprint density at radius 3 is 2.36 bits per heavy atom. The van der Waals surface area contributed by atoms with Crippen LogP contribution in [0.5, 0.6) is 0 Å². The molecule has 3 aliphatic rings. The molecular formula is C32H37N3O9S. The van der Waals surface area contributed by atoms with Gasteiger partial charge in [-0.25, -0.2) is 14.4 Å². The number of hydrogen-bond acceptors (Lipinski definition) is 10. The summed E-state index contributed by atoms with van der Waals surface area (Å²) in [5, 5.41) is 12.7. The first-order valence-corrected chi connectivity index (χ1v) is 15.3. The molecular weight excluding hydrogens is 602 g/mol. The van der Waals surface area contributed by atoms with Gasteiger partial charge < -0.3 is 29.5 Å². The second-order valence-electron chi connectivity index (χ2n) is 10.8. The molecule has 0 unspecified atom stereocenters. The van der Waals surface area contributed by atoms with E-state index < -0.39 is 48.0 Å². The van der Waals surface area contributed by atoms with Gasteiger partial charge in [-0.15, -0.1) is 11.8 Å². The van der Waals surface area contributed by atoms with E-state index >= 15 is 0 Å². The number of aliphatic hydroxyl groups is 1. The minimum absolute atomic E-state index is 0.0351. The molecule has 2 N–H and O–H groups in total. The van der Waals surface area contributed by atoms with E-state index in [4.69, 9.17) is 14.2 Å². The molecule has 3 aliphatic heterocycles. The molecule has 6 atom stereocenters. The van der Waals surface area contributed by atoms with Gasteiger partial charge in [-0.2, -0.15) is 0 Å². The minimum Gasteiger partial charge on any atom is -0.458 e. The maximum Gasteiger partial charge on any atom is 0.410 e. The van der Waals surface area contributed by atoms with Crippen LogP contribution in [0.3, 0.4) is 0 Å². The second kappa shape index (κ2) is 14.6. The Balaban J connectivity index is 1.58. The maximum absolute atomic E-state index is 13.6. The van der Waals surface area contributed by atoms with E-state index in [1.807, 2.05) is 6.92 Å². The van der Waals surface area contributed by atoms with Crippen LogP contribution in [0.15, 0.2) is 72.8 Å². The maximum atomic E-state index is 13.6. The average Bonchev–Trinajstić information content (AvgIpc) is 3.54. The van der Waals surface area contributed by atoms with Crippen molar-refractivity contribution in [1.29, 1.82) is 0 Å². The molecule has 0 saturated carbocycles. The lowest BCUT2D eigenvalue weighted by Gasteiger charge is -2.46. The number of hydrogen-bond donors (Lipinski definition) is 2. The third-order valence-corrected chi connectivity index (χ3v) is 9.24. The van der Waals surface area contributed by atoms with E-state index in [9.17, 15) is 29.1 Å². The van der Waals surface area contributed by atoms with Crippen molar-refractivity contribution in [3.05, 3.63) is 78.4 Å². The molecule has 0 aliphatic carbocycles. The van der Waals surface area contributed by atoms with Crippen LogP contribution in [0.1, 0.15) is 30.6 Å². The molecule has 1 aromatic rings. The van der Waals surface area contributed by atoms with E-state index in [1.54, 1.807) is 25.1 Å². The normalized spacial score (nSPS) is 24.2. The smallest absolute Gasteiger partial charge is 0.410 e. The number of ether oxygens (including phenoxy) is 3. The topological polar surface area (TPSA) is 152 Å². The van der Waals surface area contributed by atoms with E-state index in [1.165, 1.54) is 45.9 Å². The highest BCUT2D eigenvalue weighted by molar-refractivity contribution is 8.03. The van der Waals surface area contributed by atoms with E-state index in [0.29, 0.717) is 10.6 Å². The molecule has 4 rings (SSSR count). The predicted molar refractivity (Wildman–Crippen MR) is 167 cm³/mol. The van der Waals surface area contributed by atoms with Crippen molar-refractivity contribution in [3.8, 4) is 0 Å². The largest absolute Gasteiger partial charge is 0.458 e. The Kier molecular flexibility index (Phi) is 10.9. The van der Waals surface area contributed by atoms with Gasteiger partial charge in [-0.3, -0.25) is 14.5 Å². The number of likely N-dealkylation sites (tertiary alicyclic amines) is 1. The quantitative estimate of drug-likeness (QED) is 0.142. The fourth-order valence-electron chi connectivity index (χ4n) is 5.77. The summed E-state index contributed by atoms with van der Waals surface area (Å²) in [7, 11) is 0. The van der Waals surface area contributed by atoms with E-state index in [-0.39, 0.29) is 61.1 Å². The number of nitrogens with one attached hydrogen (secondary N) is 1. The van der Waals surface area contributed by atoms with Crippen LogP contribution in [0, 0.1) is 11.8 Å². The Labute approximate surface area is 265 Å². The second-order valence-corrected chi connectivity index (χ2v) is 12.2. The van der Waals surface area contributed by atoms with Gasteiger partial charge in [-0.05, 0) is 31.5 Å². The van der Waals surface area contributed by atoms with E-state index in [0.717, 1.165) is 0 Å². The molecule has 13 heteroatoms. The number of fused-ring (bicyclic) bond motifs is 1. The Hall–Kier alpha value is -4.36. The summed E-state index contributed by atoms with van der Waals surface area (Å²) in [6.07, 6.45) is 2.85. The highest BCUT2D eigenvalue weighted by Crippen LogP contribution is 2.52. The predicted octanol–water partition coefficient (Wildman–Crippen LogP) is 3.26. The van der Waals surface area contributed by atoms with E-state index in [2.05, 4.69) is 25.1 Å². The van der Waals surface area contributed by atoms with Crippen LogP contribution in [0.2, 0.25) is 0 Å². The molecule has 2 saturated heterocycles. The van der Waals surface area contributed by atoms with Gasteiger partial charge in [0.1, 0.15) is 31.6 Å². The minimum atomic E-state index is -0.950. The number of benzene rings is 1. The molecule has 0 radical (unpaired) electrons. The summed E-state index contributed by atoms with van der Waals surface area (Å²) in [4.78, 5) is 68.4. The van der Waals surface area contributed by atoms with Crippen molar-refractivity contribution in [1.82, 2.24) is 9.80 Å². The highest BCUT2D eigenvalue weighted by atomic mass is 32.2. The summed E-state index contributed by atoms with van der Waals surface area (Å²) >= 11 is 1.30. The molecule has 240 valence electrons. The van der Waals surface area contributed by atoms with Crippen molar-refractivity contribution in [2.24, 2.45) is 11.8 Å². The zero-order chi connectivity index (χ0) is 32.8. The van der Waals surface area contributed by atoms with Crippen LogP contribution in [-0.2, 0) is 28.6 Å². The summed E-state index contributed by atoms with van der Waals surface area (Å²) in [6, 6.07) is 4.84. The molecule has 3 heterocycles. The van der Waals surface area contributed by atoms with Gasteiger partial charge in [0.15, 0.2) is 0 Å². The monoisotopic (exact) mass is 639 g/mol. The number of anilines is 1. The van der Waals surface area contributed by atoms with Gasteiger partial charge in [0.25, 0.3) is 0 Å². The summed E-state index contributed by atoms with van der Waals surface area (Å²) in [5.74, 6) is -3.12. The molecule has 2 fully saturated rings. The van der Waals surface area contributed by atoms with Crippen LogP contribution in [0.4, 0.5) is 10.5 Å². The fourth-order valence-corrected chi connectivity index (χ4v) is 7.29. The number of β-lactam (4-membered cyclic amide) rings is 1. The average molecular weight is 640 g/mol. The van der Waals surface area contributed by atoms with Gasteiger partial charge in [0, 0.05) is 28.3 Å². The first kappa shape index (κ1) is 33.5. The summed E-state index contributed by atoms with van der Waals surface area (Å²) in [6.45, 7) is 14.1. The first-order chi connectivity index (χ1) is 21.5. The number of rotatable bonds is 13. The van der Waals surface area contributed by atoms with Crippen LogP contribution < -0.4 is 5.32 Å². The molecule has 3 amide bonds. The number of nitrogens with zero attached hydrogens (tertiary/aromatic N) is 2. The number of esters is 2. The Morgan fingerprint density at radius 1 is 1.07 bits per heavy atom. The van der Waals surface area contributed by atoms with Crippen LogP contribution in [0.25, 0.3) is 0 Å². The summed E-state index contributed by atoms with van der Waals surface area (Å²) < 4.78 is 15.7. The number of amides is 3. The fraction of sp³-hybridized carbons (Fsp3) is 0.406. The Morgan fingerprint density at radius 2 is 1.71 bits per heavy atom. The Bertz CT molecular complexity index is 1420. The lowest BCUT2D eigenvalue weighted by molar-refractivity contribution is -0.164. The van der Waals surface area contributed by atoms with Crippen molar-refractivity contribution in [2.75, 3.05) is 31.7 Å². The van der Waals surface area contributed by atoms with Gasteiger partial charge in [-0.1, -0.05) is 51.0 Å². The molecule has 45 heavy (non-hydrogen) atoms. The molecule has 12 nitrogen and oxygen atoms in total. The zero-order valence-electron chi connectivity index (χ0n) is 25.2. The highest BCUT2D eigenvalue weighted by Gasteiger charge is 2.60. The number of carbonyl (C=O) groups is 5. The molecule has 0 bridgehead atoms. The number of carbonyl (C=O) groups excluding carboxylic acids is 5. The summed E-state index contributed by atoms with van der Waals surface area (Å²) in [5.41, 5.74) is 0.662. The zero-order valence-corrected chi connectivity index (χ0v) is 26.0. The third kappa shape index (κ3) is 6.99. The number of thioether (sulfide) groups is 1.